The van der Waals surface area contributed by atoms with Gasteiger partial charge in [0.25, 0.3) is 0 Å². The number of nitrogens with zero attached hydrogens (tertiary/aromatic N) is 4. The van der Waals surface area contributed by atoms with Crippen LogP contribution in [0.4, 0.5) is 11.8 Å². The molecular formula is C11H19N5O3S. The Bertz CT molecular complexity index is 551. The fraction of sp³-hybridized carbons (Fsp3) is 0.727. The van der Waals surface area contributed by atoms with Crippen LogP contribution in [0.15, 0.2) is 6.20 Å². The molecule has 0 aliphatic carbocycles. The zero-order valence-electron chi connectivity index (χ0n) is 11.6. The second-order valence-electron chi connectivity index (χ2n) is 4.73. The first-order valence-electron chi connectivity index (χ1n) is 6.37. The Hall–Kier alpha value is -1.48. The number of ether oxygens (including phenoxy) is 1. The number of sulfone groups is 1. The number of aromatic nitrogens is 3. The summed E-state index contributed by atoms with van der Waals surface area (Å²) in [6, 6.07) is -0.0870. The molecule has 1 atom stereocenters. The van der Waals surface area contributed by atoms with Gasteiger partial charge in [0.1, 0.15) is 0 Å². The van der Waals surface area contributed by atoms with Crippen molar-refractivity contribution in [2.45, 2.75) is 12.5 Å². The lowest BCUT2D eigenvalue weighted by molar-refractivity contribution is 0.210. The van der Waals surface area contributed by atoms with Crippen molar-refractivity contribution in [3.8, 4) is 0 Å². The second-order valence-corrected chi connectivity index (χ2v) is 6.96. The number of rotatable bonds is 6. The van der Waals surface area contributed by atoms with E-state index in [1.165, 1.54) is 6.20 Å². The Kier molecular flexibility index (Phi) is 4.71. The van der Waals surface area contributed by atoms with Gasteiger partial charge in [-0.05, 0) is 6.42 Å². The van der Waals surface area contributed by atoms with Crippen LogP contribution in [0, 0.1) is 0 Å². The van der Waals surface area contributed by atoms with Gasteiger partial charge in [-0.3, -0.25) is 0 Å². The first kappa shape index (κ1) is 14.9. The van der Waals surface area contributed by atoms with E-state index in [0.29, 0.717) is 31.3 Å². The van der Waals surface area contributed by atoms with Gasteiger partial charge in [-0.1, -0.05) is 0 Å². The molecule has 0 saturated carbocycles. The van der Waals surface area contributed by atoms with E-state index in [1.54, 1.807) is 19.1 Å². The molecule has 2 rings (SSSR count). The third-order valence-electron chi connectivity index (χ3n) is 3.23. The SMILES string of the molecule is COCCNc1cnnc(N(C)C2CCS(=O)(=O)C2)n1. The van der Waals surface area contributed by atoms with E-state index in [9.17, 15) is 8.42 Å². The summed E-state index contributed by atoms with van der Waals surface area (Å²) in [6.07, 6.45) is 2.13. The molecule has 1 N–H and O–H groups in total. The van der Waals surface area contributed by atoms with E-state index >= 15 is 0 Å². The monoisotopic (exact) mass is 301 g/mol. The Morgan fingerprint density at radius 1 is 1.55 bits per heavy atom. The predicted molar refractivity (Wildman–Crippen MR) is 75.7 cm³/mol. The maximum Gasteiger partial charge on any atom is 0.247 e. The molecule has 8 nitrogen and oxygen atoms in total. The van der Waals surface area contributed by atoms with Gasteiger partial charge in [-0.2, -0.15) is 10.1 Å². The highest BCUT2D eigenvalue weighted by atomic mass is 32.2. The van der Waals surface area contributed by atoms with E-state index in [2.05, 4.69) is 20.5 Å². The summed E-state index contributed by atoms with van der Waals surface area (Å²) in [6.45, 7) is 1.19. The van der Waals surface area contributed by atoms with E-state index in [0.717, 1.165) is 0 Å². The molecule has 1 aromatic rings. The summed E-state index contributed by atoms with van der Waals surface area (Å²) in [5.41, 5.74) is 0. The molecule has 1 fully saturated rings. The molecule has 0 amide bonds. The lowest BCUT2D eigenvalue weighted by Gasteiger charge is -2.22. The molecule has 20 heavy (non-hydrogen) atoms. The van der Waals surface area contributed by atoms with Gasteiger partial charge in [0.15, 0.2) is 15.7 Å². The number of anilines is 2. The molecule has 0 radical (unpaired) electrons. The molecule has 1 saturated heterocycles. The van der Waals surface area contributed by atoms with Crippen molar-refractivity contribution in [1.29, 1.82) is 0 Å². The predicted octanol–water partition coefficient (Wildman–Crippen LogP) is -0.447. The molecule has 1 unspecified atom stereocenters. The van der Waals surface area contributed by atoms with Crippen LogP contribution in [0.5, 0.6) is 0 Å². The summed E-state index contributed by atoms with van der Waals surface area (Å²) >= 11 is 0. The minimum Gasteiger partial charge on any atom is -0.383 e. The first-order chi connectivity index (χ1) is 9.52. The summed E-state index contributed by atoms with van der Waals surface area (Å²) in [5, 5.41) is 10.9. The van der Waals surface area contributed by atoms with Crippen molar-refractivity contribution in [2.75, 3.05) is 49.0 Å². The second kappa shape index (κ2) is 6.31. The topological polar surface area (TPSA) is 97.3 Å². The lowest BCUT2D eigenvalue weighted by Crippen LogP contribution is -2.34. The fourth-order valence-electron chi connectivity index (χ4n) is 2.05. The lowest BCUT2D eigenvalue weighted by atomic mass is 10.2. The number of hydrogen-bond acceptors (Lipinski definition) is 8. The molecular weight excluding hydrogens is 282 g/mol. The van der Waals surface area contributed by atoms with Crippen molar-refractivity contribution in [3.63, 3.8) is 0 Å². The van der Waals surface area contributed by atoms with Crippen LogP contribution in [0.1, 0.15) is 6.42 Å². The first-order valence-corrected chi connectivity index (χ1v) is 8.20. The van der Waals surface area contributed by atoms with Crippen LogP contribution in [0.25, 0.3) is 0 Å². The van der Waals surface area contributed by atoms with Crippen molar-refractivity contribution >= 4 is 21.6 Å². The summed E-state index contributed by atoms with van der Waals surface area (Å²) in [4.78, 5) is 6.10. The van der Waals surface area contributed by atoms with Crippen LogP contribution >= 0.6 is 0 Å². The Labute approximate surface area is 118 Å². The van der Waals surface area contributed by atoms with E-state index < -0.39 is 9.84 Å². The highest BCUT2D eigenvalue weighted by Crippen LogP contribution is 2.20. The van der Waals surface area contributed by atoms with Crippen molar-refractivity contribution in [3.05, 3.63) is 6.20 Å². The average molecular weight is 301 g/mol. The normalized spacial score (nSPS) is 20.8. The van der Waals surface area contributed by atoms with Gasteiger partial charge < -0.3 is 15.0 Å². The molecule has 0 bridgehead atoms. The molecule has 1 aliphatic heterocycles. The van der Waals surface area contributed by atoms with Crippen LogP contribution < -0.4 is 10.2 Å². The zero-order chi connectivity index (χ0) is 14.6. The third kappa shape index (κ3) is 3.76. The van der Waals surface area contributed by atoms with E-state index in [4.69, 9.17) is 4.74 Å². The number of nitrogens with one attached hydrogen (secondary N) is 1. The highest BCUT2D eigenvalue weighted by Gasteiger charge is 2.31. The quantitative estimate of drug-likeness (QED) is 0.706. The standard InChI is InChI=1S/C11H19N5O3S/c1-16(9-3-6-20(17,18)8-9)11-14-10(7-13-15-11)12-4-5-19-2/h7,9H,3-6,8H2,1-2H3,(H,12,14,15). The maximum atomic E-state index is 11.5. The molecule has 0 spiro atoms. The number of hydrogen-bond donors (Lipinski definition) is 1. The average Bonchev–Trinajstić information content (AvgIpc) is 2.79. The molecule has 2 heterocycles. The van der Waals surface area contributed by atoms with Crippen LogP contribution in [-0.2, 0) is 14.6 Å². The molecule has 1 aliphatic rings. The van der Waals surface area contributed by atoms with Crippen LogP contribution in [-0.4, -0.2) is 68.5 Å². The van der Waals surface area contributed by atoms with Gasteiger partial charge in [0.05, 0.1) is 24.3 Å². The summed E-state index contributed by atoms with van der Waals surface area (Å²) < 4.78 is 28.0. The zero-order valence-corrected chi connectivity index (χ0v) is 12.4. The van der Waals surface area contributed by atoms with Crippen LogP contribution in [0.2, 0.25) is 0 Å². The van der Waals surface area contributed by atoms with Gasteiger partial charge >= 0.3 is 0 Å². The van der Waals surface area contributed by atoms with Gasteiger partial charge in [0, 0.05) is 26.7 Å². The van der Waals surface area contributed by atoms with Crippen molar-refractivity contribution < 1.29 is 13.2 Å². The minimum absolute atomic E-state index is 0.0870. The largest absolute Gasteiger partial charge is 0.383 e. The third-order valence-corrected chi connectivity index (χ3v) is 4.98. The van der Waals surface area contributed by atoms with Crippen LogP contribution in [0.3, 0.4) is 0 Å². The van der Waals surface area contributed by atoms with Gasteiger partial charge in [-0.15, -0.1) is 5.10 Å². The highest BCUT2D eigenvalue weighted by molar-refractivity contribution is 7.91. The molecule has 1 aromatic heterocycles. The minimum atomic E-state index is -2.93. The Balaban J connectivity index is 2.03. The maximum absolute atomic E-state index is 11.5. The van der Waals surface area contributed by atoms with E-state index in [-0.39, 0.29) is 17.5 Å². The number of methoxy groups -OCH3 is 1. The van der Waals surface area contributed by atoms with Crippen molar-refractivity contribution in [2.24, 2.45) is 0 Å². The Morgan fingerprint density at radius 3 is 3.00 bits per heavy atom. The molecule has 9 heteroatoms. The summed E-state index contributed by atoms with van der Waals surface area (Å²) in [5.74, 6) is 1.39. The summed E-state index contributed by atoms with van der Waals surface area (Å²) in [7, 11) is 0.492. The van der Waals surface area contributed by atoms with Gasteiger partial charge in [0.2, 0.25) is 5.95 Å². The van der Waals surface area contributed by atoms with Gasteiger partial charge in [-0.25, -0.2) is 8.42 Å². The Morgan fingerprint density at radius 2 is 2.35 bits per heavy atom. The fourth-order valence-corrected chi connectivity index (χ4v) is 3.83. The molecule has 112 valence electrons. The molecule has 0 aromatic carbocycles. The smallest absolute Gasteiger partial charge is 0.247 e. The van der Waals surface area contributed by atoms with Crippen molar-refractivity contribution in [1.82, 2.24) is 15.2 Å². The van der Waals surface area contributed by atoms with E-state index in [1.807, 2.05) is 0 Å².